The quantitative estimate of drug-likeness (QED) is 0.632. The van der Waals surface area contributed by atoms with E-state index in [0.717, 1.165) is 10.8 Å². The lowest BCUT2D eigenvalue weighted by atomic mass is 10.1. The molecule has 0 N–H and O–H groups in total. The summed E-state index contributed by atoms with van der Waals surface area (Å²) in [5, 5.41) is -0.00220. The van der Waals surface area contributed by atoms with Crippen LogP contribution in [0.25, 0.3) is 10.9 Å². The van der Waals surface area contributed by atoms with Gasteiger partial charge in [-0.15, -0.1) is 13.2 Å². The van der Waals surface area contributed by atoms with Gasteiger partial charge in [-0.3, -0.25) is 9.53 Å². The van der Waals surface area contributed by atoms with E-state index in [1.165, 1.54) is 19.1 Å². The Kier molecular flexibility index (Phi) is 3.56. The lowest BCUT2D eigenvalue weighted by molar-refractivity contribution is -0.351. The molecule has 3 nitrogen and oxygen atoms in total. The zero-order valence-electron chi connectivity index (χ0n) is 10.7. The molecule has 0 bridgehead atoms. The molecule has 0 fully saturated rings. The number of hydrogen-bond acceptors (Lipinski definition) is 2. The molecule has 0 aliphatic heterocycles. The number of benzene rings is 1. The van der Waals surface area contributed by atoms with Crippen LogP contribution in [-0.2, 0) is 4.74 Å². The number of hydrogen-bond donors (Lipinski definition) is 0. The number of carbonyl (C=O) groups is 1. The summed E-state index contributed by atoms with van der Waals surface area (Å²) in [5.41, 5.74) is 0.745. The third kappa shape index (κ3) is 2.53. The van der Waals surface area contributed by atoms with Crippen LogP contribution in [0.1, 0.15) is 29.1 Å². The van der Waals surface area contributed by atoms with Gasteiger partial charge >= 0.3 is 6.36 Å². The number of nitrogens with zero attached hydrogens (tertiary/aromatic N) is 1. The second-order valence-electron chi connectivity index (χ2n) is 4.36. The van der Waals surface area contributed by atoms with E-state index in [1.54, 1.807) is 6.92 Å². The molecule has 2 rings (SSSR count). The number of halogens is 4. The summed E-state index contributed by atoms with van der Waals surface area (Å²) < 4.78 is 55.6. The molecule has 0 saturated carbocycles. The van der Waals surface area contributed by atoms with Gasteiger partial charge in [0.15, 0.2) is 6.29 Å². The zero-order chi connectivity index (χ0) is 15.1. The highest BCUT2D eigenvalue weighted by Gasteiger charge is 2.33. The summed E-state index contributed by atoms with van der Waals surface area (Å²) in [6.45, 7) is 2.79. The smallest absolute Gasteiger partial charge is 0.320 e. The van der Waals surface area contributed by atoms with E-state index in [1.807, 2.05) is 0 Å². The summed E-state index contributed by atoms with van der Waals surface area (Å²) in [6.07, 6.45) is -4.67. The van der Waals surface area contributed by atoms with Gasteiger partial charge in [-0.1, -0.05) is 6.07 Å². The molecule has 0 amide bonds. The van der Waals surface area contributed by atoms with Crippen molar-refractivity contribution in [2.24, 2.45) is 0 Å². The molecule has 108 valence electrons. The monoisotopic (exact) mass is 289 g/mol. The molecular formula is C13H11F4NO2. The second-order valence-corrected chi connectivity index (χ2v) is 4.36. The summed E-state index contributed by atoms with van der Waals surface area (Å²) >= 11 is 0. The molecule has 20 heavy (non-hydrogen) atoms. The van der Waals surface area contributed by atoms with Crippen LogP contribution < -0.4 is 0 Å². The Morgan fingerprint density at radius 2 is 2.00 bits per heavy atom. The Labute approximate surface area is 111 Å². The standard InChI is InChI=1S/C13H11F4NO2/c1-7-3-4-10(14)11-9(6-19)5-18(12(7)11)8(2)20-13(15,16)17/h3-6,8H,1-2H3. The minimum atomic E-state index is -4.82. The average molecular weight is 289 g/mol. The highest BCUT2D eigenvalue weighted by atomic mass is 19.4. The van der Waals surface area contributed by atoms with Crippen LogP contribution in [0, 0.1) is 12.7 Å². The number of aromatic nitrogens is 1. The lowest BCUT2D eigenvalue weighted by Gasteiger charge is -2.18. The number of aldehydes is 1. The van der Waals surface area contributed by atoms with Crippen molar-refractivity contribution >= 4 is 17.2 Å². The molecule has 0 spiro atoms. The number of ether oxygens (including phenoxy) is 1. The van der Waals surface area contributed by atoms with E-state index < -0.39 is 18.4 Å². The van der Waals surface area contributed by atoms with Gasteiger partial charge in [0.25, 0.3) is 0 Å². The Balaban J connectivity index is 2.65. The first-order chi connectivity index (χ1) is 9.24. The zero-order valence-corrected chi connectivity index (χ0v) is 10.7. The van der Waals surface area contributed by atoms with Crippen LogP contribution in [0.3, 0.4) is 0 Å². The fraction of sp³-hybridized carbons (Fsp3) is 0.308. The van der Waals surface area contributed by atoms with Crippen molar-refractivity contribution in [3.8, 4) is 0 Å². The van der Waals surface area contributed by atoms with Gasteiger partial charge in [0.05, 0.1) is 5.52 Å². The van der Waals surface area contributed by atoms with E-state index in [4.69, 9.17) is 0 Å². The minimum Gasteiger partial charge on any atom is -0.320 e. The van der Waals surface area contributed by atoms with Gasteiger partial charge in [-0.2, -0.15) is 0 Å². The highest BCUT2D eigenvalue weighted by molar-refractivity contribution is 5.99. The van der Waals surface area contributed by atoms with Crippen molar-refractivity contribution in [1.29, 1.82) is 0 Å². The van der Waals surface area contributed by atoms with Gasteiger partial charge in [0.1, 0.15) is 12.0 Å². The molecule has 1 heterocycles. The third-order valence-electron chi connectivity index (χ3n) is 2.98. The molecule has 0 aliphatic carbocycles. The fourth-order valence-corrected chi connectivity index (χ4v) is 2.18. The minimum absolute atomic E-state index is 0.00220. The van der Waals surface area contributed by atoms with Gasteiger partial charge < -0.3 is 4.57 Å². The predicted octanol–water partition coefficient (Wildman–Crippen LogP) is 3.96. The Hall–Kier alpha value is -1.89. The molecule has 7 heteroatoms. The SMILES string of the molecule is Cc1ccc(F)c2c(C=O)cn(C(C)OC(F)(F)F)c12. The van der Waals surface area contributed by atoms with Crippen LogP contribution in [0.4, 0.5) is 17.6 Å². The summed E-state index contributed by atoms with van der Waals surface area (Å²) in [5.74, 6) is -0.661. The van der Waals surface area contributed by atoms with Crippen molar-refractivity contribution in [3.63, 3.8) is 0 Å². The van der Waals surface area contributed by atoms with Gasteiger partial charge in [-0.25, -0.2) is 4.39 Å². The molecular weight excluding hydrogens is 278 g/mol. The molecule has 0 aliphatic rings. The third-order valence-corrected chi connectivity index (χ3v) is 2.98. The summed E-state index contributed by atoms with van der Waals surface area (Å²) in [6, 6.07) is 2.60. The van der Waals surface area contributed by atoms with Gasteiger partial charge in [-0.05, 0) is 25.5 Å². The maximum atomic E-state index is 13.8. The van der Waals surface area contributed by atoms with Crippen molar-refractivity contribution in [1.82, 2.24) is 4.57 Å². The molecule has 1 unspecified atom stereocenters. The van der Waals surface area contributed by atoms with E-state index >= 15 is 0 Å². The van der Waals surface area contributed by atoms with Crippen LogP contribution >= 0.6 is 0 Å². The molecule has 1 aromatic carbocycles. The first-order valence-corrected chi connectivity index (χ1v) is 5.74. The van der Waals surface area contributed by atoms with Crippen molar-refractivity contribution in [2.45, 2.75) is 26.4 Å². The van der Waals surface area contributed by atoms with Gasteiger partial charge in [0.2, 0.25) is 0 Å². The fourth-order valence-electron chi connectivity index (χ4n) is 2.18. The highest BCUT2D eigenvalue weighted by Crippen LogP contribution is 2.32. The number of carbonyl (C=O) groups excluding carboxylic acids is 1. The lowest BCUT2D eigenvalue weighted by Crippen LogP contribution is -2.20. The molecule has 1 atom stereocenters. The van der Waals surface area contributed by atoms with Crippen LogP contribution in [0.5, 0.6) is 0 Å². The number of alkyl halides is 3. The first kappa shape index (κ1) is 14.5. The topological polar surface area (TPSA) is 31.2 Å². The Morgan fingerprint density at radius 3 is 2.55 bits per heavy atom. The van der Waals surface area contributed by atoms with E-state index in [-0.39, 0.29) is 16.5 Å². The number of fused-ring (bicyclic) bond motifs is 1. The maximum Gasteiger partial charge on any atom is 0.524 e. The molecule has 0 radical (unpaired) electrons. The maximum absolute atomic E-state index is 13.8. The summed E-state index contributed by atoms with van der Waals surface area (Å²) in [7, 11) is 0. The predicted molar refractivity (Wildman–Crippen MR) is 63.9 cm³/mol. The average Bonchev–Trinajstić information content (AvgIpc) is 2.72. The molecule has 0 saturated heterocycles. The van der Waals surface area contributed by atoms with Crippen LogP contribution in [0.15, 0.2) is 18.3 Å². The van der Waals surface area contributed by atoms with Crippen LogP contribution in [-0.4, -0.2) is 17.2 Å². The second kappa shape index (κ2) is 4.90. The first-order valence-electron chi connectivity index (χ1n) is 5.74. The van der Waals surface area contributed by atoms with E-state index in [9.17, 15) is 22.4 Å². The normalized spacial score (nSPS) is 13.7. The summed E-state index contributed by atoms with van der Waals surface area (Å²) in [4.78, 5) is 11.0. The van der Waals surface area contributed by atoms with Gasteiger partial charge in [0, 0.05) is 17.1 Å². The van der Waals surface area contributed by atoms with Crippen LogP contribution in [0.2, 0.25) is 0 Å². The number of rotatable bonds is 3. The van der Waals surface area contributed by atoms with E-state index in [0.29, 0.717) is 11.8 Å². The largest absolute Gasteiger partial charge is 0.524 e. The van der Waals surface area contributed by atoms with Crippen molar-refractivity contribution < 1.29 is 27.1 Å². The molecule has 1 aromatic heterocycles. The molecule has 2 aromatic rings. The van der Waals surface area contributed by atoms with E-state index in [2.05, 4.69) is 4.74 Å². The Morgan fingerprint density at radius 1 is 1.35 bits per heavy atom. The number of aryl methyl sites for hydroxylation is 1. The van der Waals surface area contributed by atoms with Crippen molar-refractivity contribution in [2.75, 3.05) is 0 Å². The van der Waals surface area contributed by atoms with Crippen molar-refractivity contribution in [3.05, 3.63) is 35.3 Å². The Bertz CT molecular complexity index is 660.